The van der Waals surface area contributed by atoms with Crippen LogP contribution in [-0.4, -0.2) is 44.6 Å². The average Bonchev–Trinajstić information content (AvgIpc) is 2.51. The maximum absolute atomic E-state index is 13.0. The van der Waals surface area contributed by atoms with E-state index in [2.05, 4.69) is 5.32 Å². The summed E-state index contributed by atoms with van der Waals surface area (Å²) in [5.41, 5.74) is 1.46. The van der Waals surface area contributed by atoms with Crippen LogP contribution in [0.4, 0.5) is 0 Å². The molecular weight excluding hydrogens is 310 g/mol. The van der Waals surface area contributed by atoms with E-state index in [0.717, 1.165) is 24.9 Å². The van der Waals surface area contributed by atoms with Crippen LogP contribution >= 0.6 is 0 Å². The van der Waals surface area contributed by atoms with Gasteiger partial charge in [0, 0.05) is 25.3 Å². The topological polar surface area (TPSA) is 73.3 Å². The summed E-state index contributed by atoms with van der Waals surface area (Å²) < 4.78 is 27.7. The van der Waals surface area contributed by atoms with Gasteiger partial charge >= 0.3 is 0 Å². The summed E-state index contributed by atoms with van der Waals surface area (Å²) in [5, 5.41) is 10.7. The molecule has 1 unspecified atom stereocenters. The minimum Gasteiger partial charge on any atom is -0.315 e. The Morgan fingerprint density at radius 1 is 1.30 bits per heavy atom. The summed E-state index contributed by atoms with van der Waals surface area (Å²) in [5.74, 6) is 0. The lowest BCUT2D eigenvalue weighted by Gasteiger charge is -2.30. The smallest absolute Gasteiger partial charge is 0.243 e. The van der Waals surface area contributed by atoms with E-state index < -0.39 is 10.0 Å². The van der Waals surface area contributed by atoms with E-state index in [1.165, 1.54) is 6.21 Å². The summed E-state index contributed by atoms with van der Waals surface area (Å²) in [4.78, 5) is 0.295. The molecule has 1 aromatic carbocycles. The van der Waals surface area contributed by atoms with Gasteiger partial charge in [-0.15, -0.1) is 0 Å². The van der Waals surface area contributed by atoms with E-state index in [0.29, 0.717) is 23.5 Å². The minimum absolute atomic E-state index is 0.0760. The molecule has 2 N–H and O–H groups in total. The summed E-state index contributed by atoms with van der Waals surface area (Å²) in [6.07, 6.45) is 6.76. The van der Waals surface area contributed by atoms with Gasteiger partial charge in [-0.2, -0.15) is 4.31 Å². The molecular formula is C17H25N3O2S. The number of hydrogen-bond donors (Lipinski definition) is 2. The van der Waals surface area contributed by atoms with Crippen LogP contribution < -0.4 is 5.32 Å². The van der Waals surface area contributed by atoms with Gasteiger partial charge in [-0.05, 0) is 56.5 Å². The lowest BCUT2D eigenvalue weighted by Crippen LogP contribution is -2.46. The van der Waals surface area contributed by atoms with Gasteiger partial charge in [-0.3, -0.25) is 0 Å². The summed E-state index contributed by atoms with van der Waals surface area (Å²) in [7, 11) is -3.53. The Kier molecular flexibility index (Phi) is 6.10. The van der Waals surface area contributed by atoms with E-state index in [-0.39, 0.29) is 6.04 Å². The molecule has 23 heavy (non-hydrogen) atoms. The van der Waals surface area contributed by atoms with Gasteiger partial charge < -0.3 is 10.7 Å². The third kappa shape index (κ3) is 4.07. The highest BCUT2D eigenvalue weighted by Crippen LogP contribution is 2.23. The molecule has 1 heterocycles. The second-order valence-corrected chi connectivity index (χ2v) is 7.70. The normalized spacial score (nSPS) is 21.0. The molecule has 1 aromatic rings. The first-order valence-corrected chi connectivity index (χ1v) is 9.44. The highest BCUT2D eigenvalue weighted by molar-refractivity contribution is 7.89. The van der Waals surface area contributed by atoms with E-state index in [1.54, 1.807) is 22.5 Å². The van der Waals surface area contributed by atoms with Crippen LogP contribution in [0.3, 0.4) is 0 Å². The van der Waals surface area contributed by atoms with Crippen molar-refractivity contribution in [1.82, 2.24) is 9.62 Å². The van der Waals surface area contributed by atoms with E-state index in [4.69, 9.17) is 5.41 Å². The van der Waals surface area contributed by atoms with Crippen LogP contribution in [0.2, 0.25) is 0 Å². The first kappa shape index (κ1) is 17.8. The Hall–Kier alpha value is -1.50. The molecule has 1 saturated heterocycles. The summed E-state index contributed by atoms with van der Waals surface area (Å²) in [6, 6.07) is 4.88. The lowest BCUT2D eigenvalue weighted by molar-refractivity contribution is 0.301. The highest BCUT2D eigenvalue weighted by Gasteiger charge is 2.29. The van der Waals surface area contributed by atoms with Crippen LogP contribution in [0.15, 0.2) is 29.2 Å². The SMILES string of the molecule is C/C=C\c1cc(S(=O)(=O)N2CCCCNCC2C)ccc1C=N. The van der Waals surface area contributed by atoms with Crippen molar-refractivity contribution in [1.29, 1.82) is 5.41 Å². The fourth-order valence-electron chi connectivity index (χ4n) is 2.81. The Bertz CT molecular complexity index is 683. The first-order chi connectivity index (χ1) is 11.0. The molecule has 0 bridgehead atoms. The highest BCUT2D eigenvalue weighted by atomic mass is 32.2. The molecule has 0 aliphatic carbocycles. The number of benzene rings is 1. The van der Waals surface area contributed by atoms with E-state index in [9.17, 15) is 8.42 Å². The van der Waals surface area contributed by atoms with Crippen molar-refractivity contribution < 1.29 is 8.42 Å². The van der Waals surface area contributed by atoms with Crippen LogP contribution in [-0.2, 0) is 10.0 Å². The first-order valence-electron chi connectivity index (χ1n) is 8.00. The maximum atomic E-state index is 13.0. The average molecular weight is 335 g/mol. The standard InChI is InChI=1S/C17H25N3O2S/c1-3-6-15-11-17(8-7-16(15)12-18)23(21,22)20-10-5-4-9-19-13-14(20)2/h3,6-8,11-12,14,18-19H,4-5,9-10,13H2,1-2H3/b6-3-,18-12?. The molecule has 0 amide bonds. The number of hydrogen-bond acceptors (Lipinski definition) is 4. The second-order valence-electron chi connectivity index (χ2n) is 5.81. The zero-order chi connectivity index (χ0) is 16.9. The second kappa shape index (κ2) is 7.86. The summed E-state index contributed by atoms with van der Waals surface area (Å²) >= 11 is 0. The third-order valence-electron chi connectivity index (χ3n) is 4.08. The number of sulfonamides is 1. The third-order valence-corrected chi connectivity index (χ3v) is 6.09. The number of nitrogens with zero attached hydrogens (tertiary/aromatic N) is 1. The molecule has 0 aromatic heterocycles. The Morgan fingerprint density at radius 2 is 2.09 bits per heavy atom. The van der Waals surface area contributed by atoms with E-state index >= 15 is 0 Å². The van der Waals surface area contributed by atoms with Crippen molar-refractivity contribution in [2.24, 2.45) is 0 Å². The molecule has 0 saturated carbocycles. The van der Waals surface area contributed by atoms with Crippen LogP contribution in [0, 0.1) is 5.41 Å². The minimum atomic E-state index is -3.53. The van der Waals surface area contributed by atoms with Crippen molar-refractivity contribution >= 4 is 22.3 Å². The fourth-order valence-corrected chi connectivity index (χ4v) is 4.52. The molecule has 1 aliphatic rings. The van der Waals surface area contributed by atoms with Gasteiger partial charge in [0.05, 0.1) is 4.90 Å². The quantitative estimate of drug-likeness (QED) is 0.830. The molecule has 126 valence electrons. The van der Waals surface area contributed by atoms with Crippen LogP contribution in [0.1, 0.15) is 37.8 Å². The van der Waals surface area contributed by atoms with Gasteiger partial charge in [-0.1, -0.05) is 18.2 Å². The number of allylic oxidation sites excluding steroid dienone is 1. The summed E-state index contributed by atoms with van der Waals surface area (Å²) in [6.45, 7) is 5.98. The zero-order valence-electron chi connectivity index (χ0n) is 13.7. The van der Waals surface area contributed by atoms with Gasteiger partial charge in [0.1, 0.15) is 0 Å². The van der Waals surface area contributed by atoms with Crippen molar-refractivity contribution in [2.75, 3.05) is 19.6 Å². The number of nitrogens with one attached hydrogen (secondary N) is 2. The monoisotopic (exact) mass is 335 g/mol. The fraction of sp³-hybridized carbons (Fsp3) is 0.471. The Labute approximate surface area is 139 Å². The zero-order valence-corrected chi connectivity index (χ0v) is 14.6. The molecule has 1 fully saturated rings. The Morgan fingerprint density at radius 3 is 2.78 bits per heavy atom. The van der Waals surface area contributed by atoms with Crippen molar-refractivity contribution in [3.63, 3.8) is 0 Å². The number of rotatable bonds is 4. The van der Waals surface area contributed by atoms with Gasteiger partial charge in [-0.25, -0.2) is 8.42 Å². The van der Waals surface area contributed by atoms with Crippen LogP contribution in [0.25, 0.3) is 6.08 Å². The molecule has 1 aliphatic heterocycles. The van der Waals surface area contributed by atoms with Crippen molar-refractivity contribution in [3.05, 3.63) is 35.4 Å². The molecule has 2 rings (SSSR count). The van der Waals surface area contributed by atoms with Crippen molar-refractivity contribution in [3.8, 4) is 0 Å². The van der Waals surface area contributed by atoms with Crippen LogP contribution in [0.5, 0.6) is 0 Å². The van der Waals surface area contributed by atoms with E-state index in [1.807, 2.05) is 26.0 Å². The Balaban J connectivity index is 2.41. The van der Waals surface area contributed by atoms with Gasteiger partial charge in [0.25, 0.3) is 0 Å². The predicted octanol–water partition coefficient (Wildman–Crippen LogP) is 2.48. The molecule has 0 spiro atoms. The lowest BCUT2D eigenvalue weighted by atomic mass is 10.1. The maximum Gasteiger partial charge on any atom is 0.243 e. The molecule has 5 nitrogen and oxygen atoms in total. The molecule has 1 atom stereocenters. The van der Waals surface area contributed by atoms with Gasteiger partial charge in [0.2, 0.25) is 10.0 Å². The largest absolute Gasteiger partial charge is 0.315 e. The van der Waals surface area contributed by atoms with Crippen molar-refractivity contribution in [2.45, 2.75) is 37.6 Å². The van der Waals surface area contributed by atoms with Gasteiger partial charge in [0.15, 0.2) is 0 Å². The predicted molar refractivity (Wildman–Crippen MR) is 94.5 cm³/mol. The molecule has 6 heteroatoms. The molecule has 0 radical (unpaired) electrons.